The SMILES string of the molecule is Cn1cc(C2=CC(=O)NC2=O)c2ccccc21. The summed E-state index contributed by atoms with van der Waals surface area (Å²) in [5, 5.41) is 3.24. The van der Waals surface area contributed by atoms with Gasteiger partial charge in [-0.2, -0.15) is 0 Å². The van der Waals surface area contributed by atoms with Gasteiger partial charge in [-0.15, -0.1) is 0 Å². The summed E-state index contributed by atoms with van der Waals surface area (Å²) < 4.78 is 1.95. The summed E-state index contributed by atoms with van der Waals surface area (Å²) in [6.45, 7) is 0. The normalized spacial score (nSPS) is 15.2. The molecule has 0 spiro atoms. The van der Waals surface area contributed by atoms with Gasteiger partial charge in [0.1, 0.15) is 0 Å². The summed E-state index contributed by atoms with van der Waals surface area (Å²) in [6, 6.07) is 7.79. The Morgan fingerprint density at radius 3 is 2.65 bits per heavy atom. The molecule has 84 valence electrons. The van der Waals surface area contributed by atoms with Crippen LogP contribution in [-0.4, -0.2) is 16.4 Å². The molecule has 1 aliphatic heterocycles. The van der Waals surface area contributed by atoms with Gasteiger partial charge in [0, 0.05) is 35.8 Å². The molecule has 1 aromatic carbocycles. The van der Waals surface area contributed by atoms with Gasteiger partial charge < -0.3 is 4.57 Å². The number of hydrogen-bond donors (Lipinski definition) is 1. The van der Waals surface area contributed by atoms with E-state index in [1.807, 2.05) is 42.1 Å². The maximum atomic E-state index is 11.6. The fourth-order valence-electron chi connectivity index (χ4n) is 2.17. The predicted octanol–water partition coefficient (Wildman–Crippen LogP) is 1.22. The summed E-state index contributed by atoms with van der Waals surface area (Å²) >= 11 is 0. The van der Waals surface area contributed by atoms with Gasteiger partial charge in [-0.3, -0.25) is 14.9 Å². The molecule has 2 heterocycles. The van der Waals surface area contributed by atoms with Gasteiger partial charge in [0.25, 0.3) is 11.8 Å². The number of nitrogens with zero attached hydrogens (tertiary/aromatic N) is 1. The molecular weight excluding hydrogens is 216 g/mol. The number of fused-ring (bicyclic) bond motifs is 1. The van der Waals surface area contributed by atoms with Crippen LogP contribution in [0.15, 0.2) is 36.5 Å². The molecule has 0 radical (unpaired) electrons. The van der Waals surface area contributed by atoms with Crippen molar-refractivity contribution >= 4 is 28.3 Å². The highest BCUT2D eigenvalue weighted by atomic mass is 16.2. The molecule has 1 aliphatic rings. The van der Waals surface area contributed by atoms with Gasteiger partial charge in [0.05, 0.1) is 5.57 Å². The van der Waals surface area contributed by atoms with E-state index in [1.165, 1.54) is 6.08 Å². The van der Waals surface area contributed by atoms with Crippen LogP contribution in [0.1, 0.15) is 5.56 Å². The number of hydrogen-bond acceptors (Lipinski definition) is 2. The molecular formula is C13H10N2O2. The molecule has 2 aromatic rings. The van der Waals surface area contributed by atoms with Gasteiger partial charge in [0.15, 0.2) is 0 Å². The Hall–Kier alpha value is -2.36. The number of imide groups is 1. The van der Waals surface area contributed by atoms with E-state index in [4.69, 9.17) is 0 Å². The van der Waals surface area contributed by atoms with Crippen molar-refractivity contribution in [1.82, 2.24) is 9.88 Å². The number of para-hydroxylation sites is 1. The van der Waals surface area contributed by atoms with Crippen LogP contribution < -0.4 is 5.32 Å². The first-order valence-corrected chi connectivity index (χ1v) is 5.28. The zero-order valence-electron chi connectivity index (χ0n) is 9.23. The largest absolute Gasteiger partial charge is 0.350 e. The molecule has 0 unspecified atom stereocenters. The number of carbonyl (C=O) groups excluding carboxylic acids is 2. The van der Waals surface area contributed by atoms with Crippen LogP contribution in [0.25, 0.3) is 16.5 Å². The first kappa shape index (κ1) is 9.84. The molecule has 17 heavy (non-hydrogen) atoms. The lowest BCUT2D eigenvalue weighted by Gasteiger charge is -1.97. The van der Waals surface area contributed by atoms with E-state index in [2.05, 4.69) is 5.32 Å². The highest BCUT2D eigenvalue weighted by Crippen LogP contribution is 2.28. The molecule has 4 heteroatoms. The van der Waals surface area contributed by atoms with Gasteiger partial charge in [0.2, 0.25) is 0 Å². The minimum absolute atomic E-state index is 0.327. The number of aromatic nitrogens is 1. The van der Waals surface area contributed by atoms with Crippen LogP contribution in [0.4, 0.5) is 0 Å². The monoisotopic (exact) mass is 226 g/mol. The molecule has 0 fully saturated rings. The second-order valence-electron chi connectivity index (χ2n) is 4.05. The van der Waals surface area contributed by atoms with Crippen LogP contribution >= 0.6 is 0 Å². The van der Waals surface area contributed by atoms with Crippen molar-refractivity contribution in [2.75, 3.05) is 0 Å². The minimum atomic E-state index is -0.349. The topological polar surface area (TPSA) is 51.1 Å². The van der Waals surface area contributed by atoms with Crippen molar-refractivity contribution in [3.05, 3.63) is 42.1 Å². The highest BCUT2D eigenvalue weighted by Gasteiger charge is 2.24. The zero-order chi connectivity index (χ0) is 12.0. The smallest absolute Gasteiger partial charge is 0.258 e. The molecule has 2 amide bonds. The van der Waals surface area contributed by atoms with Crippen LogP contribution in [0.3, 0.4) is 0 Å². The summed E-state index contributed by atoms with van der Waals surface area (Å²) in [5.41, 5.74) is 2.27. The predicted molar refractivity (Wildman–Crippen MR) is 64.0 cm³/mol. The number of benzene rings is 1. The van der Waals surface area contributed by atoms with Crippen LogP contribution in [0, 0.1) is 0 Å². The van der Waals surface area contributed by atoms with Crippen LogP contribution in [0.2, 0.25) is 0 Å². The maximum Gasteiger partial charge on any atom is 0.258 e. The minimum Gasteiger partial charge on any atom is -0.350 e. The molecule has 1 N–H and O–H groups in total. The van der Waals surface area contributed by atoms with Crippen molar-refractivity contribution in [2.24, 2.45) is 7.05 Å². The number of carbonyl (C=O) groups is 2. The van der Waals surface area contributed by atoms with E-state index in [0.717, 1.165) is 16.5 Å². The second-order valence-corrected chi connectivity index (χ2v) is 4.05. The van der Waals surface area contributed by atoms with E-state index in [-0.39, 0.29) is 11.8 Å². The number of nitrogens with one attached hydrogen (secondary N) is 1. The third kappa shape index (κ3) is 1.38. The number of aryl methyl sites for hydroxylation is 1. The fourth-order valence-corrected chi connectivity index (χ4v) is 2.17. The molecule has 4 nitrogen and oxygen atoms in total. The standard InChI is InChI=1S/C13H10N2O2/c1-15-7-10(8-4-2-3-5-11(8)15)9-6-12(16)14-13(9)17/h2-7H,1H3,(H,14,16,17). The maximum absolute atomic E-state index is 11.6. The Balaban J connectivity index is 2.29. The summed E-state index contributed by atoms with van der Waals surface area (Å²) in [7, 11) is 1.92. The molecule has 0 saturated heterocycles. The quantitative estimate of drug-likeness (QED) is 0.743. The van der Waals surface area contributed by atoms with Gasteiger partial charge in [-0.25, -0.2) is 0 Å². The third-order valence-corrected chi connectivity index (χ3v) is 2.94. The zero-order valence-corrected chi connectivity index (χ0v) is 9.23. The Morgan fingerprint density at radius 1 is 1.18 bits per heavy atom. The summed E-state index contributed by atoms with van der Waals surface area (Å²) in [6.07, 6.45) is 3.22. The molecule has 0 aliphatic carbocycles. The van der Waals surface area contributed by atoms with Crippen LogP contribution in [-0.2, 0) is 16.6 Å². The molecule has 0 saturated carbocycles. The van der Waals surface area contributed by atoms with E-state index < -0.39 is 0 Å². The van der Waals surface area contributed by atoms with E-state index in [1.54, 1.807) is 0 Å². The molecule has 0 bridgehead atoms. The lowest BCUT2D eigenvalue weighted by atomic mass is 10.1. The highest BCUT2D eigenvalue weighted by molar-refractivity contribution is 6.35. The summed E-state index contributed by atoms with van der Waals surface area (Å²) in [5.74, 6) is -0.677. The average molecular weight is 226 g/mol. The van der Waals surface area contributed by atoms with Gasteiger partial charge in [-0.05, 0) is 6.07 Å². The third-order valence-electron chi connectivity index (χ3n) is 2.94. The van der Waals surface area contributed by atoms with Crippen molar-refractivity contribution in [3.8, 4) is 0 Å². The fraction of sp³-hybridized carbons (Fsp3) is 0.0769. The Bertz CT molecular complexity index is 680. The van der Waals surface area contributed by atoms with Gasteiger partial charge >= 0.3 is 0 Å². The average Bonchev–Trinajstić information content (AvgIpc) is 2.80. The summed E-state index contributed by atoms with van der Waals surface area (Å²) in [4.78, 5) is 22.8. The Morgan fingerprint density at radius 2 is 1.94 bits per heavy atom. The van der Waals surface area contributed by atoms with E-state index >= 15 is 0 Å². The molecule has 1 aromatic heterocycles. The van der Waals surface area contributed by atoms with Crippen LogP contribution in [0.5, 0.6) is 0 Å². The first-order chi connectivity index (χ1) is 8.16. The lowest BCUT2D eigenvalue weighted by Crippen LogP contribution is -2.21. The van der Waals surface area contributed by atoms with Crippen molar-refractivity contribution in [3.63, 3.8) is 0 Å². The first-order valence-electron chi connectivity index (χ1n) is 5.28. The lowest BCUT2D eigenvalue weighted by molar-refractivity contribution is -0.123. The Labute approximate surface area is 97.5 Å². The van der Waals surface area contributed by atoms with Crippen molar-refractivity contribution < 1.29 is 9.59 Å². The van der Waals surface area contributed by atoms with E-state index in [0.29, 0.717) is 5.57 Å². The van der Waals surface area contributed by atoms with E-state index in [9.17, 15) is 9.59 Å². The Kier molecular flexibility index (Phi) is 1.92. The van der Waals surface area contributed by atoms with Gasteiger partial charge in [-0.1, -0.05) is 18.2 Å². The van der Waals surface area contributed by atoms with Crippen molar-refractivity contribution in [2.45, 2.75) is 0 Å². The number of rotatable bonds is 1. The number of amides is 2. The van der Waals surface area contributed by atoms with Crippen molar-refractivity contribution in [1.29, 1.82) is 0 Å². The second kappa shape index (κ2) is 3.31. The molecule has 0 atom stereocenters. The molecule has 3 rings (SSSR count).